The molecular weight excluding hydrogens is 338 g/mol. The van der Waals surface area contributed by atoms with Gasteiger partial charge in [-0.25, -0.2) is 0 Å². The molecule has 1 amide bonds. The molecular formula is C19H24ClN3O2. The molecule has 1 aliphatic rings. The van der Waals surface area contributed by atoms with Crippen molar-refractivity contribution in [2.45, 2.75) is 45.4 Å². The van der Waals surface area contributed by atoms with E-state index in [1.807, 2.05) is 60.1 Å². The lowest BCUT2D eigenvalue weighted by Gasteiger charge is -2.35. The fraction of sp³-hybridized carbons (Fsp3) is 0.474. The third-order valence-electron chi connectivity index (χ3n) is 4.36. The van der Waals surface area contributed by atoms with Crippen molar-refractivity contribution in [3.05, 3.63) is 41.7 Å². The number of hydrogen-bond donors (Lipinski definition) is 0. The third-order valence-corrected chi connectivity index (χ3v) is 4.61. The van der Waals surface area contributed by atoms with E-state index in [2.05, 4.69) is 5.10 Å². The van der Waals surface area contributed by atoms with Crippen LogP contribution in [-0.4, -0.2) is 45.9 Å². The molecule has 25 heavy (non-hydrogen) atoms. The van der Waals surface area contributed by atoms with Gasteiger partial charge in [0.25, 0.3) is 0 Å². The number of morpholine rings is 1. The van der Waals surface area contributed by atoms with Gasteiger partial charge in [-0.1, -0.05) is 23.7 Å². The number of carbonyl (C=O) groups is 1. The molecule has 0 spiro atoms. The van der Waals surface area contributed by atoms with Gasteiger partial charge in [0.2, 0.25) is 5.91 Å². The summed E-state index contributed by atoms with van der Waals surface area (Å²) in [7, 11) is 0. The molecule has 0 saturated carbocycles. The van der Waals surface area contributed by atoms with Crippen LogP contribution in [0.5, 0.6) is 0 Å². The first kappa shape index (κ1) is 18.0. The first-order valence-corrected chi connectivity index (χ1v) is 9.10. The molecule has 0 N–H and O–H groups in total. The summed E-state index contributed by atoms with van der Waals surface area (Å²) in [5.41, 5.74) is 2.14. The zero-order valence-corrected chi connectivity index (χ0v) is 15.4. The highest BCUT2D eigenvalue weighted by atomic mass is 35.5. The maximum absolute atomic E-state index is 12.4. The second-order valence-corrected chi connectivity index (χ2v) is 7.10. The summed E-state index contributed by atoms with van der Waals surface area (Å²) in [5, 5.41) is 5.11. The number of hydrogen-bond acceptors (Lipinski definition) is 3. The molecule has 1 aromatic carbocycles. The summed E-state index contributed by atoms with van der Waals surface area (Å²) in [6.07, 6.45) is 5.39. The summed E-state index contributed by atoms with van der Waals surface area (Å²) in [6, 6.07) is 7.70. The molecule has 1 aromatic heterocycles. The van der Waals surface area contributed by atoms with Gasteiger partial charge in [-0.3, -0.25) is 9.48 Å². The number of rotatable bonds is 5. The Morgan fingerprint density at radius 2 is 1.88 bits per heavy atom. The summed E-state index contributed by atoms with van der Waals surface area (Å²) in [6.45, 7) is 6.13. The maximum Gasteiger partial charge on any atom is 0.222 e. The van der Waals surface area contributed by atoms with Crippen LogP contribution in [0, 0.1) is 0 Å². The minimum atomic E-state index is 0.112. The molecule has 2 unspecified atom stereocenters. The van der Waals surface area contributed by atoms with Crippen molar-refractivity contribution in [1.29, 1.82) is 0 Å². The van der Waals surface area contributed by atoms with Crippen molar-refractivity contribution in [3.8, 4) is 11.1 Å². The van der Waals surface area contributed by atoms with Crippen LogP contribution in [0.4, 0.5) is 0 Å². The average Bonchev–Trinajstić information content (AvgIpc) is 3.03. The number of benzene rings is 1. The van der Waals surface area contributed by atoms with Gasteiger partial charge in [0, 0.05) is 42.8 Å². The third kappa shape index (κ3) is 4.83. The van der Waals surface area contributed by atoms with E-state index in [0.29, 0.717) is 19.5 Å². The lowest BCUT2D eigenvalue weighted by Crippen LogP contribution is -2.48. The van der Waals surface area contributed by atoms with Gasteiger partial charge < -0.3 is 9.64 Å². The lowest BCUT2D eigenvalue weighted by molar-refractivity contribution is -0.143. The number of aromatic nitrogens is 2. The Bertz CT molecular complexity index is 704. The van der Waals surface area contributed by atoms with Gasteiger partial charge in [0.05, 0.1) is 18.4 Å². The fourth-order valence-corrected chi connectivity index (χ4v) is 3.34. The number of halogens is 1. The van der Waals surface area contributed by atoms with E-state index in [0.717, 1.165) is 29.1 Å². The van der Waals surface area contributed by atoms with Crippen molar-refractivity contribution >= 4 is 17.5 Å². The van der Waals surface area contributed by atoms with E-state index >= 15 is 0 Å². The van der Waals surface area contributed by atoms with Crippen LogP contribution in [0.25, 0.3) is 11.1 Å². The number of nitrogens with zero attached hydrogens (tertiary/aromatic N) is 3. The van der Waals surface area contributed by atoms with E-state index in [1.54, 1.807) is 0 Å². The Kier molecular flexibility index (Phi) is 5.76. The van der Waals surface area contributed by atoms with Crippen molar-refractivity contribution in [2.75, 3.05) is 13.1 Å². The second-order valence-electron chi connectivity index (χ2n) is 6.66. The van der Waals surface area contributed by atoms with Crippen molar-refractivity contribution < 1.29 is 9.53 Å². The van der Waals surface area contributed by atoms with Gasteiger partial charge in [-0.2, -0.15) is 5.10 Å². The van der Waals surface area contributed by atoms with Crippen LogP contribution in [0.3, 0.4) is 0 Å². The van der Waals surface area contributed by atoms with Gasteiger partial charge >= 0.3 is 0 Å². The standard InChI is InChI=1S/C19H24ClN3O2/c1-14-11-22(12-15(2)25-14)19(24)4-3-9-23-13-17(10-21-23)16-5-7-18(20)8-6-16/h5-8,10,13-15H,3-4,9,11-12H2,1-2H3. The molecule has 1 saturated heterocycles. The summed E-state index contributed by atoms with van der Waals surface area (Å²) in [5.74, 6) is 0.201. The molecule has 1 fully saturated rings. The Balaban J connectivity index is 1.49. The summed E-state index contributed by atoms with van der Waals surface area (Å²) < 4.78 is 7.57. The second kappa shape index (κ2) is 8.02. The molecule has 2 aromatic rings. The first-order chi connectivity index (χ1) is 12.0. The quantitative estimate of drug-likeness (QED) is 0.817. The molecule has 0 aliphatic carbocycles. The molecule has 5 nitrogen and oxygen atoms in total. The largest absolute Gasteiger partial charge is 0.372 e. The normalized spacial score (nSPS) is 20.7. The average molecular weight is 362 g/mol. The highest BCUT2D eigenvalue weighted by molar-refractivity contribution is 6.30. The van der Waals surface area contributed by atoms with Crippen molar-refractivity contribution in [3.63, 3.8) is 0 Å². The number of aryl methyl sites for hydroxylation is 1. The van der Waals surface area contributed by atoms with E-state index in [4.69, 9.17) is 16.3 Å². The zero-order valence-electron chi connectivity index (χ0n) is 14.7. The number of amides is 1. The highest BCUT2D eigenvalue weighted by Gasteiger charge is 2.25. The predicted molar refractivity (Wildman–Crippen MR) is 98.5 cm³/mol. The molecule has 2 atom stereocenters. The van der Waals surface area contributed by atoms with E-state index in [1.165, 1.54) is 0 Å². The Morgan fingerprint density at radius 3 is 2.56 bits per heavy atom. The van der Waals surface area contributed by atoms with E-state index < -0.39 is 0 Å². The van der Waals surface area contributed by atoms with Crippen LogP contribution >= 0.6 is 11.6 Å². The Hall–Kier alpha value is -1.85. The first-order valence-electron chi connectivity index (χ1n) is 8.73. The van der Waals surface area contributed by atoms with E-state index in [-0.39, 0.29) is 18.1 Å². The Morgan fingerprint density at radius 1 is 1.20 bits per heavy atom. The smallest absolute Gasteiger partial charge is 0.222 e. The Labute approximate surface area is 153 Å². The molecule has 0 radical (unpaired) electrons. The zero-order chi connectivity index (χ0) is 17.8. The molecule has 134 valence electrons. The molecule has 3 rings (SSSR count). The summed E-state index contributed by atoms with van der Waals surface area (Å²) in [4.78, 5) is 14.3. The molecule has 2 heterocycles. The summed E-state index contributed by atoms with van der Waals surface area (Å²) >= 11 is 5.92. The monoisotopic (exact) mass is 361 g/mol. The van der Waals surface area contributed by atoms with Gasteiger partial charge in [0.1, 0.15) is 0 Å². The minimum absolute atomic E-state index is 0.112. The maximum atomic E-state index is 12.4. The van der Waals surface area contributed by atoms with Crippen LogP contribution in [0.15, 0.2) is 36.7 Å². The van der Waals surface area contributed by atoms with Crippen LogP contribution in [-0.2, 0) is 16.1 Å². The highest BCUT2D eigenvalue weighted by Crippen LogP contribution is 2.21. The SMILES string of the molecule is CC1CN(C(=O)CCCn2cc(-c3ccc(Cl)cc3)cn2)CC(C)O1. The van der Waals surface area contributed by atoms with E-state index in [9.17, 15) is 4.79 Å². The van der Waals surface area contributed by atoms with Crippen molar-refractivity contribution in [1.82, 2.24) is 14.7 Å². The topological polar surface area (TPSA) is 47.4 Å². The molecule has 0 bridgehead atoms. The molecule has 1 aliphatic heterocycles. The number of ether oxygens (including phenoxy) is 1. The molecule has 6 heteroatoms. The predicted octanol–water partition coefficient (Wildman–Crippen LogP) is 3.62. The van der Waals surface area contributed by atoms with Crippen molar-refractivity contribution in [2.24, 2.45) is 0 Å². The minimum Gasteiger partial charge on any atom is -0.372 e. The van der Waals surface area contributed by atoms with Gasteiger partial charge in [-0.15, -0.1) is 0 Å². The fourth-order valence-electron chi connectivity index (χ4n) is 3.21. The van der Waals surface area contributed by atoms with Crippen LogP contribution < -0.4 is 0 Å². The van der Waals surface area contributed by atoms with Crippen LogP contribution in [0.1, 0.15) is 26.7 Å². The lowest BCUT2D eigenvalue weighted by atomic mass is 10.1. The van der Waals surface area contributed by atoms with Gasteiger partial charge in [0.15, 0.2) is 0 Å². The van der Waals surface area contributed by atoms with Gasteiger partial charge in [-0.05, 0) is 38.0 Å². The van der Waals surface area contributed by atoms with Crippen LogP contribution in [0.2, 0.25) is 5.02 Å². The number of carbonyl (C=O) groups excluding carboxylic acids is 1.